The van der Waals surface area contributed by atoms with Crippen LogP contribution in [-0.2, 0) is 9.59 Å². The van der Waals surface area contributed by atoms with Crippen LogP contribution < -0.4 is 19.7 Å². The average molecular weight is 364 g/mol. The van der Waals surface area contributed by atoms with Crippen LogP contribution >= 0.6 is 0 Å². The van der Waals surface area contributed by atoms with Gasteiger partial charge in [0, 0.05) is 30.4 Å². The summed E-state index contributed by atoms with van der Waals surface area (Å²) < 4.78 is 10.6. The lowest BCUT2D eigenvalue weighted by molar-refractivity contribution is -0.117. The molecule has 2 amide bonds. The van der Waals surface area contributed by atoms with Crippen LogP contribution in [0.2, 0.25) is 0 Å². The third-order valence-corrected chi connectivity index (χ3v) is 4.65. The largest absolute Gasteiger partial charge is 0.454 e. The highest BCUT2D eigenvalue weighted by Crippen LogP contribution is 2.33. The van der Waals surface area contributed by atoms with Crippen molar-refractivity contribution >= 4 is 29.3 Å². The number of anilines is 2. The lowest BCUT2D eigenvalue weighted by Gasteiger charge is -2.19. The number of amides is 2. The summed E-state index contributed by atoms with van der Waals surface area (Å²) in [7, 11) is 0. The zero-order chi connectivity index (χ0) is 18.8. The third kappa shape index (κ3) is 3.65. The van der Waals surface area contributed by atoms with Crippen LogP contribution in [0.3, 0.4) is 0 Å². The number of benzene rings is 2. The lowest BCUT2D eigenvalue weighted by atomic mass is 10.1. The predicted octanol–water partition coefficient (Wildman–Crippen LogP) is 3.50. The Kier molecular flexibility index (Phi) is 4.54. The number of aryl methyl sites for hydroxylation is 1. The van der Waals surface area contributed by atoms with E-state index in [4.69, 9.17) is 9.47 Å². The van der Waals surface area contributed by atoms with Crippen LogP contribution in [0, 0.1) is 6.92 Å². The molecule has 0 spiro atoms. The lowest BCUT2D eigenvalue weighted by Crippen LogP contribution is -2.24. The maximum absolute atomic E-state index is 12.2. The Morgan fingerprint density at radius 2 is 2.00 bits per heavy atom. The minimum absolute atomic E-state index is 0.154. The van der Waals surface area contributed by atoms with E-state index in [0.29, 0.717) is 23.6 Å². The molecule has 27 heavy (non-hydrogen) atoms. The van der Waals surface area contributed by atoms with Crippen molar-refractivity contribution in [3.63, 3.8) is 0 Å². The molecule has 0 bridgehead atoms. The molecule has 2 aromatic rings. The molecule has 0 aromatic heterocycles. The van der Waals surface area contributed by atoms with Crippen LogP contribution in [0.25, 0.3) is 6.08 Å². The van der Waals surface area contributed by atoms with E-state index in [0.717, 1.165) is 29.8 Å². The van der Waals surface area contributed by atoms with Crippen LogP contribution in [0.15, 0.2) is 42.5 Å². The maximum atomic E-state index is 12.2. The first kappa shape index (κ1) is 17.1. The van der Waals surface area contributed by atoms with Gasteiger partial charge in [0.2, 0.25) is 18.6 Å². The first-order valence-corrected chi connectivity index (χ1v) is 8.90. The summed E-state index contributed by atoms with van der Waals surface area (Å²) in [6.07, 6.45) is 4.69. The molecule has 0 saturated carbocycles. The second kappa shape index (κ2) is 7.15. The van der Waals surface area contributed by atoms with Gasteiger partial charge < -0.3 is 19.7 Å². The Bertz CT molecular complexity index is 936. The normalized spacial score (nSPS) is 15.6. The smallest absolute Gasteiger partial charge is 0.248 e. The molecular weight excluding hydrogens is 344 g/mol. The number of rotatable bonds is 4. The number of hydrogen-bond acceptors (Lipinski definition) is 4. The summed E-state index contributed by atoms with van der Waals surface area (Å²) in [5, 5.41) is 2.85. The Morgan fingerprint density at radius 1 is 1.15 bits per heavy atom. The first-order chi connectivity index (χ1) is 13.1. The monoisotopic (exact) mass is 364 g/mol. The van der Waals surface area contributed by atoms with Crippen molar-refractivity contribution in [2.45, 2.75) is 19.8 Å². The van der Waals surface area contributed by atoms with Gasteiger partial charge in [0.25, 0.3) is 0 Å². The fraction of sp³-hybridized carbons (Fsp3) is 0.238. The minimum Gasteiger partial charge on any atom is -0.454 e. The molecule has 0 atom stereocenters. The zero-order valence-corrected chi connectivity index (χ0v) is 15.0. The number of hydrogen-bond donors (Lipinski definition) is 1. The van der Waals surface area contributed by atoms with E-state index in [-0.39, 0.29) is 18.6 Å². The van der Waals surface area contributed by atoms with Gasteiger partial charge in [-0.2, -0.15) is 0 Å². The molecule has 2 heterocycles. The van der Waals surface area contributed by atoms with Crippen molar-refractivity contribution in [1.82, 2.24) is 0 Å². The topological polar surface area (TPSA) is 67.9 Å². The number of carbonyl (C=O) groups is 2. The molecule has 6 heteroatoms. The Hall–Kier alpha value is -3.28. The van der Waals surface area contributed by atoms with Gasteiger partial charge >= 0.3 is 0 Å². The number of nitrogens with zero attached hydrogens (tertiary/aromatic N) is 1. The zero-order valence-electron chi connectivity index (χ0n) is 15.0. The summed E-state index contributed by atoms with van der Waals surface area (Å²) in [5.41, 5.74) is 3.42. The molecular formula is C21H20N2O4. The van der Waals surface area contributed by atoms with E-state index in [1.165, 1.54) is 6.08 Å². The molecule has 2 aliphatic rings. The highest BCUT2D eigenvalue weighted by Gasteiger charge is 2.23. The Morgan fingerprint density at radius 3 is 2.78 bits per heavy atom. The molecule has 1 N–H and O–H groups in total. The van der Waals surface area contributed by atoms with E-state index < -0.39 is 0 Å². The summed E-state index contributed by atoms with van der Waals surface area (Å²) in [6.45, 7) is 2.92. The molecule has 6 nitrogen and oxygen atoms in total. The molecule has 0 unspecified atom stereocenters. The first-order valence-electron chi connectivity index (χ1n) is 8.90. The van der Waals surface area contributed by atoms with Crippen molar-refractivity contribution in [3.05, 3.63) is 53.6 Å². The van der Waals surface area contributed by atoms with E-state index in [1.54, 1.807) is 11.0 Å². The van der Waals surface area contributed by atoms with Crippen LogP contribution in [-0.4, -0.2) is 25.2 Å². The molecule has 138 valence electrons. The molecule has 2 aromatic carbocycles. The van der Waals surface area contributed by atoms with Gasteiger partial charge in [-0.1, -0.05) is 6.07 Å². The van der Waals surface area contributed by atoms with Gasteiger partial charge in [0.15, 0.2) is 11.5 Å². The second-order valence-electron chi connectivity index (χ2n) is 6.59. The molecule has 1 fully saturated rings. The summed E-state index contributed by atoms with van der Waals surface area (Å²) >= 11 is 0. The summed E-state index contributed by atoms with van der Waals surface area (Å²) in [5.74, 6) is 1.32. The predicted molar refractivity (Wildman–Crippen MR) is 103 cm³/mol. The van der Waals surface area contributed by atoms with Crippen molar-refractivity contribution < 1.29 is 19.1 Å². The van der Waals surface area contributed by atoms with Crippen LogP contribution in [0.1, 0.15) is 24.0 Å². The fourth-order valence-corrected chi connectivity index (χ4v) is 3.31. The molecule has 0 aliphatic carbocycles. The number of nitrogens with one attached hydrogen (secondary N) is 1. The minimum atomic E-state index is -0.225. The number of fused-ring (bicyclic) bond motifs is 1. The van der Waals surface area contributed by atoms with Crippen molar-refractivity contribution in [3.8, 4) is 11.5 Å². The van der Waals surface area contributed by atoms with Gasteiger partial charge in [0.1, 0.15) is 0 Å². The van der Waals surface area contributed by atoms with Crippen LogP contribution in [0.4, 0.5) is 11.4 Å². The fourth-order valence-electron chi connectivity index (χ4n) is 3.31. The average Bonchev–Trinajstić information content (AvgIpc) is 3.28. The van der Waals surface area contributed by atoms with Crippen molar-refractivity contribution in [2.24, 2.45) is 0 Å². The van der Waals surface area contributed by atoms with Gasteiger partial charge in [-0.25, -0.2) is 0 Å². The van der Waals surface area contributed by atoms with E-state index in [9.17, 15) is 9.59 Å². The maximum Gasteiger partial charge on any atom is 0.248 e. The molecule has 4 rings (SSSR count). The van der Waals surface area contributed by atoms with E-state index in [2.05, 4.69) is 5.32 Å². The van der Waals surface area contributed by atoms with E-state index >= 15 is 0 Å². The van der Waals surface area contributed by atoms with Gasteiger partial charge in [0.05, 0.1) is 0 Å². The Labute approximate surface area is 157 Å². The summed E-state index contributed by atoms with van der Waals surface area (Å²) in [6, 6.07) is 11.1. The highest BCUT2D eigenvalue weighted by atomic mass is 16.7. The van der Waals surface area contributed by atoms with Gasteiger partial charge in [-0.15, -0.1) is 0 Å². The standard InChI is InChI=1S/C21H20N2O4/c1-14-11-16(6-7-17(14)23-10-2-3-21(23)25)22-20(24)9-5-15-4-8-18-19(12-15)27-13-26-18/h4-9,11-12H,2-3,10,13H2,1H3,(H,22,24)/b9-5+. The van der Waals surface area contributed by atoms with E-state index in [1.807, 2.05) is 43.3 Å². The van der Waals surface area contributed by atoms with Gasteiger partial charge in [-0.05, 0) is 60.9 Å². The second-order valence-corrected chi connectivity index (χ2v) is 6.59. The van der Waals surface area contributed by atoms with Gasteiger partial charge in [-0.3, -0.25) is 9.59 Å². The number of ether oxygens (including phenoxy) is 2. The van der Waals surface area contributed by atoms with Crippen molar-refractivity contribution in [2.75, 3.05) is 23.6 Å². The molecule has 1 saturated heterocycles. The molecule has 0 radical (unpaired) electrons. The Balaban J connectivity index is 1.42. The third-order valence-electron chi connectivity index (χ3n) is 4.65. The highest BCUT2D eigenvalue weighted by molar-refractivity contribution is 6.02. The quantitative estimate of drug-likeness (QED) is 0.843. The number of carbonyl (C=O) groups excluding carboxylic acids is 2. The van der Waals surface area contributed by atoms with Crippen LogP contribution in [0.5, 0.6) is 11.5 Å². The SMILES string of the molecule is Cc1cc(NC(=O)/C=C/c2ccc3c(c2)OCO3)ccc1N1CCCC1=O. The molecule has 2 aliphatic heterocycles. The van der Waals surface area contributed by atoms with Crippen molar-refractivity contribution in [1.29, 1.82) is 0 Å². The summed E-state index contributed by atoms with van der Waals surface area (Å²) in [4.78, 5) is 25.9.